The van der Waals surface area contributed by atoms with Crippen molar-refractivity contribution in [3.8, 4) is 0 Å². The van der Waals surface area contributed by atoms with E-state index in [-0.39, 0.29) is 5.69 Å². The predicted molar refractivity (Wildman–Crippen MR) is 41.1 cm³/mol. The van der Waals surface area contributed by atoms with Crippen molar-refractivity contribution in [3.05, 3.63) is 18.5 Å². The van der Waals surface area contributed by atoms with Crippen LogP contribution in [-0.2, 0) is 10.8 Å². The predicted octanol–water partition coefficient (Wildman–Crippen LogP) is 1.29. The van der Waals surface area contributed by atoms with Crippen molar-refractivity contribution in [1.29, 1.82) is 0 Å². The van der Waals surface area contributed by atoms with Crippen LogP contribution in [0.5, 0.6) is 0 Å². The van der Waals surface area contributed by atoms with Crippen LogP contribution < -0.4 is 5.73 Å². The Morgan fingerprint density at radius 3 is 2.54 bits per heavy atom. The van der Waals surface area contributed by atoms with Crippen molar-refractivity contribution in [2.45, 2.75) is 10.4 Å². The lowest BCUT2D eigenvalue weighted by atomic mass is 10.4. The van der Waals surface area contributed by atoms with E-state index >= 15 is 0 Å². The minimum absolute atomic E-state index is 0.175. The molecule has 1 aromatic heterocycles. The zero-order valence-electron chi connectivity index (χ0n) is 6.21. The minimum Gasteiger partial charge on any atom is -0.398 e. The number of nitrogen functional groups attached to an aromatic ring is 1. The molecule has 1 rings (SSSR count). The zero-order valence-corrected chi connectivity index (χ0v) is 7.02. The van der Waals surface area contributed by atoms with Crippen molar-refractivity contribution >= 4 is 16.5 Å². The Bertz CT molecular complexity index is 339. The third kappa shape index (κ3) is 2.18. The largest absolute Gasteiger partial charge is 0.475 e. The second-order valence-corrected chi connectivity index (χ2v) is 3.57. The van der Waals surface area contributed by atoms with Gasteiger partial charge in [-0.1, -0.05) is 0 Å². The highest BCUT2D eigenvalue weighted by Gasteiger charge is 2.39. The van der Waals surface area contributed by atoms with Gasteiger partial charge in [0.05, 0.1) is 10.6 Å². The standard InChI is InChI=1S/C6H5F3N2OS/c7-6(8,9)13(12)5-3-11-2-1-4(5)10/h1-3H,(H2,10,11)/t13-/m0/s1. The summed E-state index contributed by atoms with van der Waals surface area (Å²) in [6.07, 6.45) is 2.07. The fraction of sp³-hybridized carbons (Fsp3) is 0.167. The molecule has 72 valence electrons. The van der Waals surface area contributed by atoms with E-state index in [1.807, 2.05) is 0 Å². The number of nitrogens with zero attached hydrogens (tertiary/aromatic N) is 1. The molecule has 0 aromatic carbocycles. The number of alkyl halides is 3. The molecule has 0 saturated heterocycles. The third-order valence-electron chi connectivity index (χ3n) is 1.23. The number of aromatic nitrogens is 1. The van der Waals surface area contributed by atoms with E-state index in [1.165, 1.54) is 12.3 Å². The molecule has 2 N–H and O–H groups in total. The van der Waals surface area contributed by atoms with Crippen LogP contribution in [-0.4, -0.2) is 14.7 Å². The van der Waals surface area contributed by atoms with Crippen LogP contribution in [0.3, 0.4) is 0 Å². The maximum atomic E-state index is 11.9. The summed E-state index contributed by atoms with van der Waals surface area (Å²) in [4.78, 5) is 2.90. The first-order chi connectivity index (χ1) is 5.93. The van der Waals surface area contributed by atoms with Gasteiger partial charge in [-0.2, -0.15) is 13.2 Å². The Balaban J connectivity index is 3.10. The van der Waals surface area contributed by atoms with E-state index in [9.17, 15) is 17.4 Å². The van der Waals surface area contributed by atoms with Gasteiger partial charge in [-0.15, -0.1) is 0 Å². The number of hydrogen-bond donors (Lipinski definition) is 1. The summed E-state index contributed by atoms with van der Waals surface area (Å²) in [5.74, 6) is 0. The smallest absolute Gasteiger partial charge is 0.398 e. The average Bonchev–Trinajstić information content (AvgIpc) is 2.02. The van der Waals surface area contributed by atoms with Gasteiger partial charge < -0.3 is 5.73 Å². The molecule has 3 nitrogen and oxygen atoms in total. The molecular formula is C6H5F3N2OS. The van der Waals surface area contributed by atoms with Gasteiger partial charge in [0.15, 0.2) is 10.8 Å². The van der Waals surface area contributed by atoms with Crippen LogP contribution in [0, 0.1) is 0 Å². The highest BCUT2D eigenvalue weighted by Crippen LogP contribution is 2.28. The topological polar surface area (TPSA) is 56.0 Å². The van der Waals surface area contributed by atoms with E-state index in [4.69, 9.17) is 5.73 Å². The van der Waals surface area contributed by atoms with Crippen LogP contribution in [0.25, 0.3) is 0 Å². The van der Waals surface area contributed by atoms with E-state index < -0.39 is 21.2 Å². The molecule has 1 atom stereocenters. The van der Waals surface area contributed by atoms with Crippen molar-refractivity contribution in [3.63, 3.8) is 0 Å². The molecule has 0 unspecified atom stereocenters. The highest BCUT2D eigenvalue weighted by molar-refractivity contribution is 7.86. The van der Waals surface area contributed by atoms with Crippen molar-refractivity contribution in [2.24, 2.45) is 0 Å². The number of halogens is 3. The molecule has 1 heterocycles. The summed E-state index contributed by atoms with van der Waals surface area (Å²) in [5, 5.41) is 0. The molecule has 0 amide bonds. The number of rotatable bonds is 1. The molecule has 0 aliphatic carbocycles. The van der Waals surface area contributed by atoms with Crippen LogP contribution in [0.15, 0.2) is 23.4 Å². The zero-order chi connectivity index (χ0) is 10.1. The molecular weight excluding hydrogens is 205 g/mol. The first-order valence-corrected chi connectivity index (χ1v) is 4.26. The van der Waals surface area contributed by atoms with Gasteiger partial charge >= 0.3 is 5.51 Å². The van der Waals surface area contributed by atoms with Gasteiger partial charge in [0.25, 0.3) is 0 Å². The summed E-state index contributed by atoms with van der Waals surface area (Å²) in [5.41, 5.74) is 0.215. The van der Waals surface area contributed by atoms with Gasteiger partial charge in [-0.3, -0.25) is 4.98 Å². The highest BCUT2D eigenvalue weighted by atomic mass is 32.2. The lowest BCUT2D eigenvalue weighted by molar-refractivity contribution is -0.0384. The first-order valence-electron chi connectivity index (χ1n) is 3.11. The fourth-order valence-electron chi connectivity index (χ4n) is 0.670. The summed E-state index contributed by atoms with van der Waals surface area (Å²) >= 11 is 0. The molecule has 0 bridgehead atoms. The van der Waals surface area contributed by atoms with Gasteiger partial charge in [0.2, 0.25) is 0 Å². The molecule has 0 radical (unpaired) electrons. The Labute approximate surface area is 74.2 Å². The SMILES string of the molecule is Nc1ccncc1[S@](=O)C(F)(F)F. The van der Waals surface area contributed by atoms with E-state index in [0.29, 0.717) is 0 Å². The van der Waals surface area contributed by atoms with Gasteiger partial charge in [0.1, 0.15) is 0 Å². The lowest BCUT2D eigenvalue weighted by Gasteiger charge is -2.06. The minimum atomic E-state index is -4.79. The monoisotopic (exact) mass is 210 g/mol. The molecule has 0 aliphatic rings. The van der Waals surface area contributed by atoms with Crippen LogP contribution in [0.2, 0.25) is 0 Å². The Morgan fingerprint density at radius 2 is 2.08 bits per heavy atom. The number of pyridine rings is 1. The van der Waals surface area contributed by atoms with Crippen LogP contribution in [0.4, 0.5) is 18.9 Å². The van der Waals surface area contributed by atoms with Crippen molar-refractivity contribution < 1.29 is 17.4 Å². The van der Waals surface area contributed by atoms with Gasteiger partial charge in [-0.05, 0) is 6.07 Å². The van der Waals surface area contributed by atoms with Crippen LogP contribution in [0.1, 0.15) is 0 Å². The summed E-state index contributed by atoms with van der Waals surface area (Å²) in [7, 11) is -3.10. The molecule has 7 heteroatoms. The molecule has 0 spiro atoms. The second kappa shape index (κ2) is 3.33. The average molecular weight is 210 g/mol. The maximum Gasteiger partial charge on any atom is 0.475 e. The lowest BCUT2D eigenvalue weighted by Crippen LogP contribution is -2.17. The van der Waals surface area contributed by atoms with E-state index in [0.717, 1.165) is 6.20 Å². The van der Waals surface area contributed by atoms with Gasteiger partial charge in [-0.25, -0.2) is 4.21 Å². The van der Waals surface area contributed by atoms with Crippen molar-refractivity contribution in [2.75, 3.05) is 5.73 Å². The maximum absolute atomic E-state index is 11.9. The Hall–Kier alpha value is -1.11. The molecule has 13 heavy (non-hydrogen) atoms. The van der Waals surface area contributed by atoms with E-state index in [1.54, 1.807) is 0 Å². The summed E-state index contributed by atoms with van der Waals surface area (Å²) in [6.45, 7) is 0. The first kappa shape index (κ1) is 9.97. The Kier molecular flexibility index (Phi) is 2.55. The number of nitrogens with two attached hydrogens (primary N) is 1. The Morgan fingerprint density at radius 1 is 1.46 bits per heavy atom. The van der Waals surface area contributed by atoms with E-state index in [2.05, 4.69) is 4.98 Å². The summed E-state index contributed by atoms with van der Waals surface area (Å²) < 4.78 is 46.5. The van der Waals surface area contributed by atoms with Crippen LogP contribution >= 0.6 is 0 Å². The molecule has 0 saturated carbocycles. The molecule has 1 aromatic rings. The third-order valence-corrected chi connectivity index (χ3v) is 2.39. The number of anilines is 1. The second-order valence-electron chi connectivity index (χ2n) is 2.13. The van der Waals surface area contributed by atoms with Crippen molar-refractivity contribution in [1.82, 2.24) is 4.98 Å². The normalized spacial score (nSPS) is 14.1. The molecule has 0 aliphatic heterocycles. The quantitative estimate of drug-likeness (QED) is 0.759. The fourth-order valence-corrected chi connectivity index (χ4v) is 1.36. The number of hydrogen-bond acceptors (Lipinski definition) is 3. The van der Waals surface area contributed by atoms with Gasteiger partial charge in [0, 0.05) is 12.4 Å². The molecule has 0 fully saturated rings. The summed E-state index contributed by atoms with van der Waals surface area (Å²) in [6, 6.07) is 1.17.